The molecule has 0 aromatic carbocycles. The number of aliphatic carboxylic acids is 1. The number of ether oxygens (including phenoxy) is 4. The number of carbonyl (C=O) groups is 4. The molecule has 1 N–H and O–H groups in total. The molecule has 0 saturated heterocycles. The second-order valence-corrected chi connectivity index (χ2v) is 9.58. The monoisotopic (exact) mass is 480 g/mol. The molecule has 9 nitrogen and oxygen atoms in total. The van der Waals surface area contributed by atoms with Crippen LogP contribution in [0.1, 0.15) is 77.0 Å². The second-order valence-electron chi connectivity index (χ2n) is 9.58. The van der Waals surface area contributed by atoms with E-state index in [4.69, 9.17) is 24.1 Å². The summed E-state index contributed by atoms with van der Waals surface area (Å²) >= 11 is 0. The fraction of sp³-hybridized carbons (Fsp3) is 0.760. The van der Waals surface area contributed by atoms with E-state index in [9.17, 15) is 19.2 Å². The third-order valence-corrected chi connectivity index (χ3v) is 7.28. The molecule has 0 aromatic heterocycles. The van der Waals surface area contributed by atoms with E-state index in [1.165, 1.54) is 0 Å². The van der Waals surface area contributed by atoms with Crippen molar-refractivity contribution in [1.82, 2.24) is 0 Å². The van der Waals surface area contributed by atoms with Crippen LogP contribution in [0.25, 0.3) is 0 Å². The molecule has 3 aliphatic carbocycles. The molecule has 3 saturated carbocycles. The van der Waals surface area contributed by atoms with Crippen LogP contribution in [0.2, 0.25) is 0 Å². The third kappa shape index (κ3) is 7.82. The first-order chi connectivity index (χ1) is 16.4. The minimum Gasteiger partial charge on any atom is -0.481 e. The SMILES string of the molecule is C=CC(=O)OCOC1CCC(OC(=O)C2CCC(OC(=O)C3CCC(C(=O)O)CC3)CC2)CC1. The lowest BCUT2D eigenvalue weighted by atomic mass is 9.82. The summed E-state index contributed by atoms with van der Waals surface area (Å²) in [6.07, 6.45) is 8.36. The molecule has 0 bridgehead atoms. The summed E-state index contributed by atoms with van der Waals surface area (Å²) in [7, 11) is 0. The Balaban J connectivity index is 1.29. The predicted octanol–water partition coefficient (Wildman–Crippen LogP) is 3.54. The standard InChI is InChI=1S/C25H36O9/c1-2-22(26)32-15-31-19-11-13-21(14-12-19)34-25(30)18-7-9-20(10-8-18)33-24(29)17-5-3-16(4-6-17)23(27)28/h2,16-21H,1,3-15H2,(H,27,28). The van der Waals surface area contributed by atoms with E-state index >= 15 is 0 Å². The van der Waals surface area contributed by atoms with Gasteiger partial charge in [-0.15, -0.1) is 0 Å². The predicted molar refractivity (Wildman–Crippen MR) is 119 cm³/mol. The first kappa shape index (κ1) is 26.2. The molecule has 0 amide bonds. The van der Waals surface area contributed by atoms with Crippen LogP contribution in [-0.4, -0.2) is 54.1 Å². The van der Waals surface area contributed by atoms with Gasteiger partial charge in [-0.3, -0.25) is 14.4 Å². The van der Waals surface area contributed by atoms with E-state index < -0.39 is 11.9 Å². The van der Waals surface area contributed by atoms with Gasteiger partial charge >= 0.3 is 23.9 Å². The second kappa shape index (κ2) is 12.9. The normalized spacial score (nSPS) is 31.6. The van der Waals surface area contributed by atoms with Crippen LogP contribution in [0.5, 0.6) is 0 Å². The highest BCUT2D eigenvalue weighted by Gasteiger charge is 2.35. The van der Waals surface area contributed by atoms with Gasteiger partial charge in [0.05, 0.1) is 23.9 Å². The molecule has 3 fully saturated rings. The lowest BCUT2D eigenvalue weighted by Crippen LogP contribution is -2.34. The van der Waals surface area contributed by atoms with E-state index in [0.29, 0.717) is 64.2 Å². The van der Waals surface area contributed by atoms with Crippen LogP contribution in [-0.2, 0) is 38.1 Å². The maximum atomic E-state index is 12.6. The van der Waals surface area contributed by atoms with Crippen LogP contribution in [0.3, 0.4) is 0 Å². The molecule has 0 unspecified atom stereocenters. The molecule has 9 heteroatoms. The van der Waals surface area contributed by atoms with Crippen LogP contribution < -0.4 is 0 Å². The van der Waals surface area contributed by atoms with Gasteiger partial charge in [0.15, 0.2) is 6.79 Å². The van der Waals surface area contributed by atoms with Crippen molar-refractivity contribution in [2.45, 2.75) is 95.4 Å². The zero-order valence-electron chi connectivity index (χ0n) is 19.7. The van der Waals surface area contributed by atoms with Crippen molar-refractivity contribution in [2.75, 3.05) is 6.79 Å². The van der Waals surface area contributed by atoms with Crippen LogP contribution in [0.15, 0.2) is 12.7 Å². The van der Waals surface area contributed by atoms with Crippen molar-refractivity contribution < 1.29 is 43.2 Å². The van der Waals surface area contributed by atoms with E-state index in [0.717, 1.165) is 18.9 Å². The molecule has 0 atom stereocenters. The van der Waals surface area contributed by atoms with Crippen molar-refractivity contribution in [3.8, 4) is 0 Å². The summed E-state index contributed by atoms with van der Waals surface area (Å²) in [5.41, 5.74) is 0. The van der Waals surface area contributed by atoms with Crippen LogP contribution in [0, 0.1) is 17.8 Å². The Labute approximate surface area is 200 Å². The van der Waals surface area contributed by atoms with E-state index in [1.54, 1.807) is 0 Å². The molecule has 3 rings (SSSR count). The summed E-state index contributed by atoms with van der Waals surface area (Å²) in [5, 5.41) is 9.09. The molecule has 0 aliphatic heterocycles. The summed E-state index contributed by atoms with van der Waals surface area (Å²) < 4.78 is 21.8. The minimum atomic E-state index is -0.787. The largest absolute Gasteiger partial charge is 0.481 e. The Morgan fingerprint density at radius 2 is 1.09 bits per heavy atom. The number of hydrogen-bond acceptors (Lipinski definition) is 8. The fourth-order valence-electron chi connectivity index (χ4n) is 5.08. The molecular weight excluding hydrogens is 444 g/mol. The molecule has 3 aliphatic rings. The van der Waals surface area contributed by atoms with Crippen LogP contribution >= 0.6 is 0 Å². The Morgan fingerprint density at radius 1 is 0.676 bits per heavy atom. The van der Waals surface area contributed by atoms with Gasteiger partial charge in [-0.25, -0.2) is 4.79 Å². The summed E-state index contributed by atoms with van der Waals surface area (Å²) in [5.74, 6) is -2.45. The Morgan fingerprint density at radius 3 is 1.56 bits per heavy atom. The molecule has 0 radical (unpaired) electrons. The molecule has 0 spiro atoms. The van der Waals surface area contributed by atoms with Gasteiger partial charge < -0.3 is 24.1 Å². The van der Waals surface area contributed by atoms with Crippen LogP contribution in [0.4, 0.5) is 0 Å². The highest BCUT2D eigenvalue weighted by Crippen LogP contribution is 2.33. The van der Waals surface area contributed by atoms with Crippen molar-refractivity contribution in [3.05, 3.63) is 12.7 Å². The van der Waals surface area contributed by atoms with Gasteiger partial charge in [-0.05, 0) is 77.0 Å². The average molecular weight is 481 g/mol. The molecule has 0 heterocycles. The topological polar surface area (TPSA) is 125 Å². The lowest BCUT2D eigenvalue weighted by Gasteiger charge is -2.32. The van der Waals surface area contributed by atoms with Crippen molar-refractivity contribution >= 4 is 23.9 Å². The third-order valence-electron chi connectivity index (χ3n) is 7.28. The quantitative estimate of drug-likeness (QED) is 0.228. The Bertz CT molecular complexity index is 725. The first-order valence-corrected chi connectivity index (χ1v) is 12.4. The van der Waals surface area contributed by atoms with Gasteiger partial charge in [-0.2, -0.15) is 0 Å². The van der Waals surface area contributed by atoms with E-state index in [1.807, 2.05) is 0 Å². The number of hydrogen-bond donors (Lipinski definition) is 1. The zero-order valence-corrected chi connectivity index (χ0v) is 19.7. The minimum absolute atomic E-state index is 0.0168. The van der Waals surface area contributed by atoms with Crippen molar-refractivity contribution in [2.24, 2.45) is 17.8 Å². The smallest absolute Gasteiger partial charge is 0.332 e. The average Bonchev–Trinajstić information content (AvgIpc) is 2.85. The first-order valence-electron chi connectivity index (χ1n) is 12.4. The summed E-state index contributed by atoms with van der Waals surface area (Å²) in [6, 6.07) is 0. The Hall–Kier alpha value is -2.42. The van der Waals surface area contributed by atoms with Gasteiger partial charge in [-0.1, -0.05) is 6.58 Å². The molecule has 0 aromatic rings. The number of carbonyl (C=O) groups excluding carboxylic acids is 3. The fourth-order valence-corrected chi connectivity index (χ4v) is 5.08. The lowest BCUT2D eigenvalue weighted by molar-refractivity contribution is -0.167. The number of carboxylic acid groups (broad SMARTS) is 1. The summed E-state index contributed by atoms with van der Waals surface area (Å²) in [4.78, 5) is 47.2. The maximum absolute atomic E-state index is 12.6. The van der Waals surface area contributed by atoms with E-state index in [2.05, 4.69) is 6.58 Å². The zero-order chi connectivity index (χ0) is 24.5. The Kier molecular flexibility index (Phi) is 9.92. The van der Waals surface area contributed by atoms with Gasteiger partial charge in [0.25, 0.3) is 0 Å². The molecule has 34 heavy (non-hydrogen) atoms. The number of carboxylic acids is 1. The molecular formula is C25H36O9. The molecule has 190 valence electrons. The van der Waals surface area contributed by atoms with Crippen molar-refractivity contribution in [1.29, 1.82) is 0 Å². The maximum Gasteiger partial charge on any atom is 0.332 e. The van der Waals surface area contributed by atoms with Gasteiger partial charge in [0.1, 0.15) is 12.2 Å². The van der Waals surface area contributed by atoms with E-state index in [-0.39, 0.29) is 54.8 Å². The van der Waals surface area contributed by atoms with Gasteiger partial charge in [0, 0.05) is 6.08 Å². The highest BCUT2D eigenvalue weighted by atomic mass is 16.7. The number of esters is 3. The highest BCUT2D eigenvalue weighted by molar-refractivity contribution is 5.81. The summed E-state index contributed by atoms with van der Waals surface area (Å²) in [6.45, 7) is 3.23. The van der Waals surface area contributed by atoms with Crippen molar-refractivity contribution in [3.63, 3.8) is 0 Å². The number of rotatable bonds is 9. The van der Waals surface area contributed by atoms with Gasteiger partial charge in [0.2, 0.25) is 0 Å².